The number of hydrogen-bond donors (Lipinski definition) is 1. The van der Waals surface area contributed by atoms with Crippen LogP contribution in [0.1, 0.15) is 17.7 Å². The van der Waals surface area contributed by atoms with Crippen LogP contribution in [0.4, 0.5) is 10.4 Å². The van der Waals surface area contributed by atoms with E-state index in [0.29, 0.717) is 23.5 Å². The molecular formula is C21H19FN4O3. The maximum atomic E-state index is 13.5. The first-order valence-electron chi connectivity index (χ1n) is 9.47. The van der Waals surface area contributed by atoms with E-state index in [4.69, 9.17) is 4.42 Å². The number of fused-ring (bicyclic) bond motifs is 4. The Kier molecular flexibility index (Phi) is 4.01. The van der Waals surface area contributed by atoms with Crippen molar-refractivity contribution in [2.75, 3.05) is 11.9 Å². The Morgan fingerprint density at radius 2 is 2.28 bits per heavy atom. The van der Waals surface area contributed by atoms with E-state index in [0.717, 1.165) is 35.1 Å². The van der Waals surface area contributed by atoms with E-state index in [1.807, 2.05) is 28.6 Å². The van der Waals surface area contributed by atoms with Crippen LogP contribution in [-0.2, 0) is 24.2 Å². The van der Waals surface area contributed by atoms with Crippen LogP contribution in [0.2, 0.25) is 0 Å². The third-order valence-electron chi connectivity index (χ3n) is 5.67. The summed E-state index contributed by atoms with van der Waals surface area (Å²) in [6, 6.07) is 8.60. The van der Waals surface area contributed by atoms with Crippen LogP contribution in [-0.4, -0.2) is 38.7 Å². The molecule has 7 nitrogen and oxygen atoms in total. The monoisotopic (exact) mass is 394 g/mol. The lowest BCUT2D eigenvalue weighted by Crippen LogP contribution is -2.37. The van der Waals surface area contributed by atoms with Crippen molar-refractivity contribution in [3.05, 3.63) is 53.6 Å². The lowest BCUT2D eigenvalue weighted by atomic mass is 9.92. The Balaban J connectivity index is 1.50. The number of hydrogen-bond acceptors (Lipinski definition) is 5. The van der Waals surface area contributed by atoms with Crippen molar-refractivity contribution in [2.45, 2.75) is 31.8 Å². The van der Waals surface area contributed by atoms with Gasteiger partial charge in [0, 0.05) is 36.6 Å². The summed E-state index contributed by atoms with van der Waals surface area (Å²) in [4.78, 5) is 22.3. The molecule has 3 aromatic heterocycles. The first-order chi connectivity index (χ1) is 14.0. The van der Waals surface area contributed by atoms with Crippen molar-refractivity contribution in [3.63, 3.8) is 0 Å². The average molecular weight is 394 g/mol. The van der Waals surface area contributed by atoms with Crippen LogP contribution < -0.4 is 4.90 Å². The van der Waals surface area contributed by atoms with Crippen molar-refractivity contribution < 1.29 is 18.7 Å². The largest absolute Gasteiger partial charge is 0.480 e. The highest BCUT2D eigenvalue weighted by atomic mass is 19.1. The number of carbonyl (C=O) groups is 1. The molecular weight excluding hydrogens is 375 g/mol. The first-order valence-corrected chi connectivity index (χ1v) is 9.47. The van der Waals surface area contributed by atoms with Crippen LogP contribution >= 0.6 is 0 Å². The summed E-state index contributed by atoms with van der Waals surface area (Å²) in [6.07, 6.45) is 4.00. The Bertz CT molecular complexity index is 1250. The Labute approximate surface area is 165 Å². The van der Waals surface area contributed by atoms with Gasteiger partial charge in [-0.1, -0.05) is 0 Å². The van der Waals surface area contributed by atoms with Gasteiger partial charge >= 0.3 is 5.97 Å². The Hall–Kier alpha value is -3.42. The lowest BCUT2D eigenvalue weighted by molar-refractivity contribution is -0.137. The molecule has 0 spiro atoms. The Morgan fingerprint density at radius 1 is 1.41 bits per heavy atom. The third-order valence-corrected chi connectivity index (χ3v) is 5.67. The highest BCUT2D eigenvalue weighted by Gasteiger charge is 2.30. The van der Waals surface area contributed by atoms with E-state index in [9.17, 15) is 14.3 Å². The van der Waals surface area contributed by atoms with Crippen LogP contribution in [0.3, 0.4) is 0 Å². The quantitative estimate of drug-likeness (QED) is 0.571. The van der Waals surface area contributed by atoms with Gasteiger partial charge in [-0.3, -0.25) is 9.78 Å². The number of aliphatic carboxylic acids is 1. The minimum Gasteiger partial charge on any atom is -0.480 e. The topological polar surface area (TPSA) is 84.4 Å². The van der Waals surface area contributed by atoms with Gasteiger partial charge in [0.1, 0.15) is 17.9 Å². The Morgan fingerprint density at radius 3 is 3.10 bits per heavy atom. The number of aromatic nitrogens is 3. The number of likely N-dealkylation sites (N-methyl/N-ethyl adjacent to an activating group) is 1. The van der Waals surface area contributed by atoms with Gasteiger partial charge in [-0.2, -0.15) is 4.98 Å². The molecule has 4 aromatic rings. The summed E-state index contributed by atoms with van der Waals surface area (Å²) < 4.78 is 21.1. The fraction of sp³-hybridized carbons (Fsp3) is 0.286. The van der Waals surface area contributed by atoms with Gasteiger partial charge in [0.05, 0.1) is 11.0 Å². The second-order valence-electron chi connectivity index (χ2n) is 7.39. The van der Waals surface area contributed by atoms with Gasteiger partial charge in [0.25, 0.3) is 6.01 Å². The zero-order chi connectivity index (χ0) is 20.1. The first kappa shape index (κ1) is 17.7. The maximum Gasteiger partial charge on any atom is 0.323 e. The number of nitrogens with zero attached hydrogens (tertiary/aromatic N) is 4. The van der Waals surface area contributed by atoms with Crippen molar-refractivity contribution in [1.82, 2.24) is 14.5 Å². The molecule has 1 unspecified atom stereocenters. The zero-order valence-electron chi connectivity index (χ0n) is 15.8. The van der Waals surface area contributed by atoms with E-state index in [1.165, 1.54) is 12.1 Å². The van der Waals surface area contributed by atoms with Gasteiger partial charge in [-0.05, 0) is 43.5 Å². The van der Waals surface area contributed by atoms with Crippen molar-refractivity contribution >= 4 is 34.1 Å². The summed E-state index contributed by atoms with van der Waals surface area (Å²) in [5.41, 5.74) is 4.84. The molecule has 0 fully saturated rings. The molecule has 8 heteroatoms. The molecule has 0 saturated carbocycles. The van der Waals surface area contributed by atoms with Gasteiger partial charge < -0.3 is 19.0 Å². The molecule has 1 aliphatic carbocycles. The minimum absolute atomic E-state index is 0.0747. The van der Waals surface area contributed by atoms with Gasteiger partial charge in [0.15, 0.2) is 5.58 Å². The number of oxazole rings is 1. The molecule has 29 heavy (non-hydrogen) atoms. The molecule has 1 aromatic carbocycles. The van der Waals surface area contributed by atoms with E-state index < -0.39 is 5.97 Å². The number of carboxylic acid groups (broad SMARTS) is 1. The normalized spacial score (nSPS) is 16.3. The number of halogens is 1. The van der Waals surface area contributed by atoms with E-state index in [1.54, 1.807) is 12.3 Å². The molecule has 1 N–H and O–H groups in total. The predicted molar refractivity (Wildman–Crippen MR) is 106 cm³/mol. The predicted octanol–water partition coefficient (Wildman–Crippen LogP) is 3.39. The van der Waals surface area contributed by atoms with E-state index in [2.05, 4.69) is 9.97 Å². The van der Waals surface area contributed by atoms with Crippen LogP contribution in [0.25, 0.3) is 22.1 Å². The SMILES string of the molecule is CN(c1nc2cc(F)ccc2o1)C1CCc2c(c3ncccc3n2CC(=O)O)C1. The van der Waals surface area contributed by atoms with Crippen LogP contribution in [0, 0.1) is 5.82 Å². The number of anilines is 1. The molecule has 0 bridgehead atoms. The molecule has 1 atom stereocenters. The number of benzene rings is 1. The highest BCUT2D eigenvalue weighted by Crippen LogP contribution is 2.34. The smallest absolute Gasteiger partial charge is 0.323 e. The van der Waals surface area contributed by atoms with Crippen molar-refractivity contribution in [2.24, 2.45) is 0 Å². The standard InChI is InChI=1S/C21H19FN4O3/c1-25(21-24-15-9-12(22)4-7-18(15)29-21)13-5-6-16-14(10-13)20-17(3-2-8-23-20)26(16)11-19(27)28/h2-4,7-9,13H,5-6,10-11H2,1H3,(H,27,28). The maximum absolute atomic E-state index is 13.5. The number of carboxylic acids is 1. The molecule has 5 rings (SSSR count). The molecule has 0 saturated heterocycles. The fourth-order valence-corrected chi connectivity index (χ4v) is 4.28. The molecule has 148 valence electrons. The van der Waals surface area contributed by atoms with Gasteiger partial charge in [-0.15, -0.1) is 0 Å². The van der Waals surface area contributed by atoms with Crippen LogP contribution in [0.5, 0.6) is 0 Å². The van der Waals surface area contributed by atoms with E-state index in [-0.39, 0.29) is 18.4 Å². The molecule has 0 amide bonds. The third kappa shape index (κ3) is 2.91. The molecule has 1 aliphatic rings. The summed E-state index contributed by atoms with van der Waals surface area (Å²) in [5.74, 6) is -1.22. The summed E-state index contributed by atoms with van der Waals surface area (Å²) in [6.45, 7) is -0.0747. The summed E-state index contributed by atoms with van der Waals surface area (Å²) in [7, 11) is 1.92. The zero-order valence-corrected chi connectivity index (χ0v) is 15.8. The molecule has 3 heterocycles. The fourth-order valence-electron chi connectivity index (χ4n) is 4.28. The lowest BCUT2D eigenvalue weighted by Gasteiger charge is -2.30. The molecule has 0 radical (unpaired) electrons. The second-order valence-corrected chi connectivity index (χ2v) is 7.39. The van der Waals surface area contributed by atoms with Crippen molar-refractivity contribution in [1.29, 1.82) is 0 Å². The number of rotatable bonds is 4. The van der Waals surface area contributed by atoms with Gasteiger partial charge in [0.2, 0.25) is 0 Å². The van der Waals surface area contributed by atoms with Crippen LogP contribution in [0.15, 0.2) is 40.9 Å². The van der Waals surface area contributed by atoms with Crippen molar-refractivity contribution in [3.8, 4) is 0 Å². The number of pyridine rings is 1. The summed E-state index contributed by atoms with van der Waals surface area (Å²) in [5, 5.41) is 9.33. The second kappa shape index (κ2) is 6.58. The minimum atomic E-state index is -0.869. The van der Waals surface area contributed by atoms with Gasteiger partial charge in [-0.25, -0.2) is 4.39 Å². The highest BCUT2D eigenvalue weighted by molar-refractivity contribution is 5.83. The summed E-state index contributed by atoms with van der Waals surface area (Å²) >= 11 is 0. The molecule has 0 aliphatic heterocycles. The van der Waals surface area contributed by atoms with E-state index >= 15 is 0 Å². The average Bonchev–Trinajstić information content (AvgIpc) is 3.26.